The molecule has 0 fully saturated rings. The van der Waals surface area contributed by atoms with E-state index in [-0.39, 0.29) is 11.9 Å². The van der Waals surface area contributed by atoms with E-state index in [1.54, 1.807) is 35.7 Å². The summed E-state index contributed by atoms with van der Waals surface area (Å²) < 4.78 is 0.724. The van der Waals surface area contributed by atoms with Crippen molar-refractivity contribution in [1.29, 1.82) is 0 Å². The molecule has 1 aromatic carbocycles. The SMILES string of the molecule is Cc1cnc(C(C)NC(=O)c2cc(N)ccc2Br)s1. The number of aromatic nitrogens is 1. The molecule has 0 aliphatic heterocycles. The Hall–Kier alpha value is -1.40. The molecule has 1 aromatic heterocycles. The summed E-state index contributed by atoms with van der Waals surface area (Å²) in [6, 6.07) is 5.04. The summed E-state index contributed by atoms with van der Waals surface area (Å²) in [7, 11) is 0. The minimum absolute atomic E-state index is 0.125. The molecule has 1 atom stereocenters. The Morgan fingerprint density at radius 1 is 1.53 bits per heavy atom. The van der Waals surface area contributed by atoms with E-state index < -0.39 is 0 Å². The molecule has 0 saturated heterocycles. The minimum atomic E-state index is -0.167. The lowest BCUT2D eigenvalue weighted by Crippen LogP contribution is -2.26. The summed E-state index contributed by atoms with van der Waals surface area (Å²) in [4.78, 5) is 17.6. The molecule has 0 saturated carbocycles. The number of anilines is 1. The molecule has 3 N–H and O–H groups in total. The van der Waals surface area contributed by atoms with Crippen molar-refractivity contribution in [2.75, 3.05) is 5.73 Å². The highest BCUT2D eigenvalue weighted by Gasteiger charge is 2.16. The van der Waals surface area contributed by atoms with Gasteiger partial charge in [0.2, 0.25) is 0 Å². The highest BCUT2D eigenvalue weighted by Crippen LogP contribution is 2.22. The zero-order chi connectivity index (χ0) is 14.0. The van der Waals surface area contributed by atoms with E-state index in [9.17, 15) is 4.79 Å². The van der Waals surface area contributed by atoms with Crippen LogP contribution >= 0.6 is 27.3 Å². The monoisotopic (exact) mass is 339 g/mol. The first kappa shape index (κ1) is 14.0. The van der Waals surface area contributed by atoms with Crippen molar-refractivity contribution in [3.8, 4) is 0 Å². The number of rotatable bonds is 3. The second-order valence-electron chi connectivity index (χ2n) is 4.24. The summed E-state index contributed by atoms with van der Waals surface area (Å²) in [5, 5.41) is 3.81. The van der Waals surface area contributed by atoms with Crippen LogP contribution in [0.4, 0.5) is 5.69 Å². The smallest absolute Gasteiger partial charge is 0.253 e. The van der Waals surface area contributed by atoms with Crippen LogP contribution in [0.3, 0.4) is 0 Å². The number of hydrogen-bond donors (Lipinski definition) is 2. The van der Waals surface area contributed by atoms with Crippen LogP contribution in [-0.2, 0) is 0 Å². The van der Waals surface area contributed by atoms with Crippen molar-refractivity contribution in [3.63, 3.8) is 0 Å². The first-order valence-electron chi connectivity index (χ1n) is 5.75. The van der Waals surface area contributed by atoms with Crippen LogP contribution in [0.15, 0.2) is 28.9 Å². The number of nitrogens with zero attached hydrogens (tertiary/aromatic N) is 1. The molecular weight excluding hydrogens is 326 g/mol. The number of thiazole rings is 1. The first-order valence-corrected chi connectivity index (χ1v) is 7.36. The lowest BCUT2D eigenvalue weighted by Gasteiger charge is -2.12. The number of benzene rings is 1. The maximum absolute atomic E-state index is 12.2. The summed E-state index contributed by atoms with van der Waals surface area (Å²) in [5.41, 5.74) is 6.79. The van der Waals surface area contributed by atoms with E-state index >= 15 is 0 Å². The van der Waals surface area contributed by atoms with Crippen molar-refractivity contribution in [2.45, 2.75) is 19.9 Å². The Kier molecular flexibility index (Phi) is 4.21. The van der Waals surface area contributed by atoms with Gasteiger partial charge in [-0.05, 0) is 48.0 Å². The normalized spacial score (nSPS) is 12.2. The van der Waals surface area contributed by atoms with E-state index in [1.807, 2.05) is 13.8 Å². The van der Waals surface area contributed by atoms with Crippen molar-refractivity contribution in [3.05, 3.63) is 44.3 Å². The molecule has 19 heavy (non-hydrogen) atoms. The van der Waals surface area contributed by atoms with Gasteiger partial charge in [-0.25, -0.2) is 4.98 Å². The Labute approximate surface area is 124 Å². The average molecular weight is 340 g/mol. The van der Waals surface area contributed by atoms with Crippen molar-refractivity contribution in [1.82, 2.24) is 10.3 Å². The fraction of sp³-hybridized carbons (Fsp3) is 0.231. The summed E-state index contributed by atoms with van der Waals surface area (Å²) in [6.07, 6.45) is 1.80. The topological polar surface area (TPSA) is 68.0 Å². The summed E-state index contributed by atoms with van der Waals surface area (Å²) in [6.45, 7) is 3.90. The maximum atomic E-state index is 12.2. The van der Waals surface area contributed by atoms with Gasteiger partial charge >= 0.3 is 0 Å². The number of aryl methyl sites for hydroxylation is 1. The summed E-state index contributed by atoms with van der Waals surface area (Å²) in [5.74, 6) is -0.167. The van der Waals surface area contributed by atoms with E-state index in [4.69, 9.17) is 5.73 Å². The molecule has 0 bridgehead atoms. The number of halogens is 1. The molecule has 2 aromatic rings. The minimum Gasteiger partial charge on any atom is -0.399 e. The lowest BCUT2D eigenvalue weighted by molar-refractivity contribution is 0.0939. The van der Waals surface area contributed by atoms with Gasteiger partial charge in [-0.15, -0.1) is 11.3 Å². The third-order valence-electron chi connectivity index (χ3n) is 2.59. The molecule has 0 aliphatic carbocycles. The molecule has 100 valence electrons. The molecular formula is C13H14BrN3OS. The average Bonchev–Trinajstić information content (AvgIpc) is 2.79. The first-order chi connectivity index (χ1) is 8.97. The van der Waals surface area contributed by atoms with Gasteiger partial charge in [-0.3, -0.25) is 4.79 Å². The van der Waals surface area contributed by atoms with Gasteiger partial charge in [0, 0.05) is 21.2 Å². The maximum Gasteiger partial charge on any atom is 0.253 e. The van der Waals surface area contributed by atoms with Crippen molar-refractivity contribution < 1.29 is 4.79 Å². The Bertz CT molecular complexity index is 612. The predicted octanol–water partition coefficient (Wildman–Crippen LogP) is 3.29. The number of carbonyl (C=O) groups excluding carboxylic acids is 1. The van der Waals surface area contributed by atoms with Gasteiger partial charge in [0.05, 0.1) is 11.6 Å². The zero-order valence-electron chi connectivity index (χ0n) is 10.6. The Morgan fingerprint density at radius 3 is 2.89 bits per heavy atom. The number of nitrogens with one attached hydrogen (secondary N) is 1. The molecule has 1 heterocycles. The van der Waals surface area contributed by atoms with Crippen molar-refractivity contribution >= 4 is 38.9 Å². The zero-order valence-corrected chi connectivity index (χ0v) is 13.0. The van der Waals surface area contributed by atoms with Crippen LogP contribution in [0.5, 0.6) is 0 Å². The Balaban J connectivity index is 2.15. The number of nitrogens with two attached hydrogens (primary N) is 1. The quantitative estimate of drug-likeness (QED) is 0.843. The van der Waals surface area contributed by atoms with Crippen LogP contribution in [0.1, 0.15) is 33.2 Å². The van der Waals surface area contributed by atoms with Crippen molar-refractivity contribution in [2.24, 2.45) is 0 Å². The highest BCUT2D eigenvalue weighted by molar-refractivity contribution is 9.10. The van der Waals surface area contributed by atoms with Crippen LogP contribution in [-0.4, -0.2) is 10.9 Å². The molecule has 0 radical (unpaired) electrons. The molecule has 0 spiro atoms. The third kappa shape index (κ3) is 3.33. The number of hydrogen-bond acceptors (Lipinski definition) is 4. The molecule has 4 nitrogen and oxygen atoms in total. The van der Waals surface area contributed by atoms with Crippen LogP contribution in [0.25, 0.3) is 0 Å². The fourth-order valence-corrected chi connectivity index (χ4v) is 2.83. The van der Waals surface area contributed by atoms with E-state index in [0.717, 1.165) is 14.4 Å². The third-order valence-corrected chi connectivity index (χ3v) is 4.38. The standard InChI is InChI=1S/C13H14BrN3OS/c1-7-6-16-13(19-7)8(2)17-12(18)10-5-9(15)3-4-11(10)14/h3-6,8H,15H2,1-2H3,(H,17,18). The van der Waals surface area contributed by atoms with Gasteiger partial charge in [-0.1, -0.05) is 0 Å². The van der Waals surface area contributed by atoms with E-state index in [2.05, 4.69) is 26.2 Å². The molecule has 6 heteroatoms. The molecule has 1 amide bonds. The predicted molar refractivity (Wildman–Crippen MR) is 81.3 cm³/mol. The lowest BCUT2D eigenvalue weighted by atomic mass is 10.2. The highest BCUT2D eigenvalue weighted by atomic mass is 79.9. The second-order valence-corrected chi connectivity index (χ2v) is 6.36. The van der Waals surface area contributed by atoms with Gasteiger partial charge in [-0.2, -0.15) is 0 Å². The van der Waals surface area contributed by atoms with Gasteiger partial charge in [0.1, 0.15) is 5.01 Å². The fourth-order valence-electron chi connectivity index (χ4n) is 1.63. The van der Waals surface area contributed by atoms with Crippen LogP contribution in [0.2, 0.25) is 0 Å². The van der Waals surface area contributed by atoms with Crippen LogP contribution < -0.4 is 11.1 Å². The summed E-state index contributed by atoms with van der Waals surface area (Å²) >= 11 is 4.93. The Morgan fingerprint density at radius 2 is 2.26 bits per heavy atom. The van der Waals surface area contributed by atoms with E-state index in [0.29, 0.717) is 11.3 Å². The molecule has 1 unspecified atom stereocenters. The van der Waals surface area contributed by atoms with Gasteiger partial charge in [0.25, 0.3) is 5.91 Å². The van der Waals surface area contributed by atoms with E-state index in [1.165, 1.54) is 0 Å². The number of amides is 1. The van der Waals surface area contributed by atoms with Crippen LogP contribution in [0, 0.1) is 6.92 Å². The molecule has 0 aliphatic rings. The number of nitrogen functional groups attached to an aromatic ring is 1. The second kappa shape index (κ2) is 5.71. The number of carbonyl (C=O) groups is 1. The largest absolute Gasteiger partial charge is 0.399 e. The van der Waals surface area contributed by atoms with Gasteiger partial charge in [0.15, 0.2) is 0 Å². The molecule has 2 rings (SSSR count). The van der Waals surface area contributed by atoms with Gasteiger partial charge < -0.3 is 11.1 Å².